The molecule has 1 nitrogen and oxygen atoms in total. The van der Waals surface area contributed by atoms with Crippen LogP contribution in [0.15, 0.2) is 0 Å². The maximum Gasteiger partial charge on any atom is 0.0188 e. The van der Waals surface area contributed by atoms with Crippen molar-refractivity contribution < 1.29 is 0 Å². The van der Waals surface area contributed by atoms with Crippen LogP contribution in [0, 0.1) is 5.92 Å². The van der Waals surface area contributed by atoms with Crippen LogP contribution >= 0.6 is 11.8 Å². The van der Waals surface area contributed by atoms with Gasteiger partial charge in [0.1, 0.15) is 0 Å². The third-order valence-electron chi connectivity index (χ3n) is 1.74. The van der Waals surface area contributed by atoms with Gasteiger partial charge >= 0.3 is 0 Å². The van der Waals surface area contributed by atoms with Gasteiger partial charge in [-0.25, -0.2) is 0 Å². The average Bonchev–Trinajstić information content (AvgIpc) is 2.14. The number of thioether (sulfide) groups is 1. The van der Waals surface area contributed by atoms with Crippen molar-refractivity contribution >= 4 is 11.8 Å². The van der Waals surface area contributed by atoms with Crippen molar-refractivity contribution in [1.82, 2.24) is 5.32 Å². The molecule has 48 valence electrons. The van der Waals surface area contributed by atoms with E-state index in [-0.39, 0.29) is 0 Å². The molecule has 0 saturated carbocycles. The Morgan fingerprint density at radius 2 is 2.25 bits per heavy atom. The maximum absolute atomic E-state index is 3.29. The topological polar surface area (TPSA) is 12.0 Å². The van der Waals surface area contributed by atoms with Crippen molar-refractivity contribution in [2.45, 2.75) is 13.0 Å². The van der Waals surface area contributed by atoms with Crippen molar-refractivity contribution in [2.24, 2.45) is 5.92 Å². The van der Waals surface area contributed by atoms with Gasteiger partial charge in [0.2, 0.25) is 0 Å². The Morgan fingerprint density at radius 3 is 2.50 bits per heavy atom. The van der Waals surface area contributed by atoms with Crippen LogP contribution < -0.4 is 5.32 Å². The van der Waals surface area contributed by atoms with Crippen LogP contribution in [0.2, 0.25) is 0 Å². The fraction of sp³-hybridized carbons (Fsp3) is 1.00. The molecule has 1 aliphatic rings. The van der Waals surface area contributed by atoms with Crippen molar-refractivity contribution in [1.29, 1.82) is 0 Å². The molecule has 1 saturated heterocycles. The van der Waals surface area contributed by atoms with Crippen molar-refractivity contribution in [3.8, 4) is 0 Å². The van der Waals surface area contributed by atoms with Gasteiger partial charge in [-0.05, 0) is 18.7 Å². The van der Waals surface area contributed by atoms with E-state index in [0.29, 0.717) is 0 Å². The smallest absolute Gasteiger partial charge is 0.0188 e. The molecule has 0 aromatic heterocycles. The SMILES string of the molecule is CN[C@H]1CSCC1C. The van der Waals surface area contributed by atoms with Crippen LogP contribution in [0.4, 0.5) is 0 Å². The lowest BCUT2D eigenvalue weighted by Gasteiger charge is -2.11. The second kappa shape index (κ2) is 2.74. The Balaban J connectivity index is 2.30. The summed E-state index contributed by atoms with van der Waals surface area (Å²) in [6.07, 6.45) is 0. The highest BCUT2D eigenvalue weighted by Crippen LogP contribution is 2.22. The van der Waals surface area contributed by atoms with Crippen LogP contribution in [0.1, 0.15) is 6.92 Å². The summed E-state index contributed by atoms with van der Waals surface area (Å²) in [6, 6.07) is 0.778. The summed E-state index contributed by atoms with van der Waals surface area (Å²) in [5, 5.41) is 3.29. The third kappa shape index (κ3) is 1.17. The first-order chi connectivity index (χ1) is 3.84. The molecule has 1 rings (SSSR count). The molecule has 0 aliphatic carbocycles. The molecule has 1 fully saturated rings. The van der Waals surface area contributed by atoms with Gasteiger partial charge in [0, 0.05) is 11.8 Å². The summed E-state index contributed by atoms with van der Waals surface area (Å²) in [7, 11) is 2.05. The molecule has 8 heavy (non-hydrogen) atoms. The Hall–Kier alpha value is 0.310. The van der Waals surface area contributed by atoms with E-state index in [1.165, 1.54) is 11.5 Å². The second-order valence-electron chi connectivity index (χ2n) is 2.41. The summed E-state index contributed by atoms with van der Waals surface area (Å²) >= 11 is 2.05. The molecule has 1 aliphatic heterocycles. The summed E-state index contributed by atoms with van der Waals surface area (Å²) < 4.78 is 0. The standard InChI is InChI=1S/C6H13NS/c1-5-3-8-4-6(5)7-2/h5-7H,3-4H2,1-2H3/t5?,6-/m0/s1. The summed E-state index contributed by atoms with van der Waals surface area (Å²) in [5.41, 5.74) is 0. The molecule has 1 heterocycles. The zero-order valence-corrected chi connectivity index (χ0v) is 6.29. The normalized spacial score (nSPS) is 38.2. The monoisotopic (exact) mass is 131 g/mol. The quantitative estimate of drug-likeness (QED) is 0.569. The minimum absolute atomic E-state index is 0.778. The molecule has 0 aromatic carbocycles. The fourth-order valence-electron chi connectivity index (χ4n) is 1.03. The van der Waals surface area contributed by atoms with E-state index in [4.69, 9.17) is 0 Å². The van der Waals surface area contributed by atoms with E-state index < -0.39 is 0 Å². The van der Waals surface area contributed by atoms with E-state index in [1.807, 2.05) is 7.05 Å². The Bertz CT molecular complexity index is 74.9. The minimum atomic E-state index is 0.778. The molecule has 1 N–H and O–H groups in total. The van der Waals surface area contributed by atoms with Crippen molar-refractivity contribution in [3.63, 3.8) is 0 Å². The average molecular weight is 131 g/mol. The predicted molar refractivity (Wildman–Crippen MR) is 39.3 cm³/mol. The van der Waals surface area contributed by atoms with Crippen LogP contribution in [-0.2, 0) is 0 Å². The molecule has 0 aromatic rings. The first-order valence-electron chi connectivity index (χ1n) is 3.09. The lowest BCUT2D eigenvalue weighted by molar-refractivity contribution is 0.490. The van der Waals surface area contributed by atoms with Gasteiger partial charge < -0.3 is 5.32 Å². The molecule has 0 spiro atoms. The maximum atomic E-state index is 3.29. The van der Waals surface area contributed by atoms with E-state index >= 15 is 0 Å². The third-order valence-corrected chi connectivity index (χ3v) is 3.09. The van der Waals surface area contributed by atoms with Gasteiger partial charge in [-0.15, -0.1) is 0 Å². The summed E-state index contributed by atoms with van der Waals surface area (Å²) in [6.45, 7) is 2.31. The lowest BCUT2D eigenvalue weighted by Crippen LogP contribution is -2.30. The first-order valence-corrected chi connectivity index (χ1v) is 4.25. The highest BCUT2D eigenvalue weighted by atomic mass is 32.2. The van der Waals surface area contributed by atoms with E-state index in [9.17, 15) is 0 Å². The molecule has 2 heteroatoms. The van der Waals surface area contributed by atoms with Crippen LogP contribution in [0.5, 0.6) is 0 Å². The second-order valence-corrected chi connectivity index (χ2v) is 3.48. The lowest BCUT2D eigenvalue weighted by atomic mass is 10.1. The van der Waals surface area contributed by atoms with Gasteiger partial charge in [-0.1, -0.05) is 6.92 Å². The largest absolute Gasteiger partial charge is 0.316 e. The van der Waals surface area contributed by atoms with Gasteiger partial charge in [-0.3, -0.25) is 0 Å². The van der Waals surface area contributed by atoms with Gasteiger partial charge in [0.15, 0.2) is 0 Å². The number of nitrogens with one attached hydrogen (secondary N) is 1. The van der Waals surface area contributed by atoms with Crippen molar-refractivity contribution in [3.05, 3.63) is 0 Å². The van der Waals surface area contributed by atoms with Crippen LogP contribution in [0.25, 0.3) is 0 Å². The van der Waals surface area contributed by atoms with Crippen LogP contribution in [-0.4, -0.2) is 24.6 Å². The summed E-state index contributed by atoms with van der Waals surface area (Å²) in [4.78, 5) is 0. The molecule has 0 radical (unpaired) electrons. The molecule has 2 atom stereocenters. The van der Waals surface area contributed by atoms with Gasteiger partial charge in [0.25, 0.3) is 0 Å². The number of hydrogen-bond donors (Lipinski definition) is 1. The molecular formula is C6H13NS. The van der Waals surface area contributed by atoms with Crippen molar-refractivity contribution in [2.75, 3.05) is 18.6 Å². The van der Waals surface area contributed by atoms with Crippen LogP contribution in [0.3, 0.4) is 0 Å². The molecule has 1 unspecified atom stereocenters. The highest BCUT2D eigenvalue weighted by Gasteiger charge is 2.21. The van der Waals surface area contributed by atoms with Gasteiger partial charge in [0.05, 0.1) is 0 Å². The Labute approximate surface area is 55.2 Å². The van der Waals surface area contributed by atoms with Gasteiger partial charge in [-0.2, -0.15) is 11.8 Å². The Morgan fingerprint density at radius 1 is 1.50 bits per heavy atom. The Kier molecular flexibility index (Phi) is 2.20. The molecule has 0 bridgehead atoms. The number of rotatable bonds is 1. The first kappa shape index (κ1) is 6.43. The molecule has 0 amide bonds. The highest BCUT2D eigenvalue weighted by molar-refractivity contribution is 7.99. The zero-order valence-electron chi connectivity index (χ0n) is 5.48. The van der Waals surface area contributed by atoms with E-state index in [2.05, 4.69) is 24.0 Å². The number of hydrogen-bond acceptors (Lipinski definition) is 2. The zero-order chi connectivity index (χ0) is 5.98. The summed E-state index contributed by atoms with van der Waals surface area (Å²) in [5.74, 6) is 3.52. The van der Waals surface area contributed by atoms with E-state index in [1.54, 1.807) is 0 Å². The fourth-order valence-corrected chi connectivity index (χ4v) is 2.52. The molecular weight excluding hydrogens is 118 g/mol. The predicted octanol–water partition coefficient (Wildman–Crippen LogP) is 0.957. The minimum Gasteiger partial charge on any atom is -0.316 e. The van der Waals surface area contributed by atoms with E-state index in [0.717, 1.165) is 12.0 Å².